The van der Waals surface area contributed by atoms with Gasteiger partial charge in [0.2, 0.25) is 5.91 Å². The number of nitrogens with two attached hydrogens (primary N) is 1. The van der Waals surface area contributed by atoms with Gasteiger partial charge in [0.15, 0.2) is 0 Å². The van der Waals surface area contributed by atoms with E-state index >= 15 is 0 Å². The van der Waals surface area contributed by atoms with Crippen molar-refractivity contribution in [3.05, 3.63) is 0 Å². The average Bonchev–Trinajstić information content (AvgIpc) is 1.31. The Labute approximate surface area is 73.6 Å². The summed E-state index contributed by atoms with van der Waals surface area (Å²) in [6.07, 6.45) is 0. The van der Waals surface area contributed by atoms with Gasteiger partial charge in [0, 0.05) is 5.41 Å². The maximum absolute atomic E-state index is 10.2. The zero-order chi connectivity index (χ0) is 6.08. The molecule has 0 bridgehead atoms. The molecule has 0 fully saturated rings. The number of hydrogen-bond acceptors (Lipinski definition) is 1. The van der Waals surface area contributed by atoms with E-state index in [9.17, 15) is 4.79 Å². The first-order valence-electron chi connectivity index (χ1n) is 2.24. The third-order valence-corrected chi connectivity index (χ3v) is 0.739. The minimum atomic E-state index is -0.361. The second kappa shape index (κ2) is 3.49. The largest absolute Gasteiger partial charge is 1.00 e. The monoisotopic (exact) mass is 125 g/mol. The van der Waals surface area contributed by atoms with Crippen molar-refractivity contribution in [1.29, 1.82) is 0 Å². The molecule has 0 aliphatic carbocycles. The average molecular weight is 125 g/mol. The molecule has 0 spiro atoms. The summed E-state index contributed by atoms with van der Waals surface area (Å²) in [5.74, 6) is -0.257. The van der Waals surface area contributed by atoms with Gasteiger partial charge in [-0.1, -0.05) is 20.8 Å². The molecule has 2 N–H and O–H groups in total. The SMILES string of the molecule is CC(C)(C)C(N)=O.[H-].[Na+]. The molecule has 0 heterocycles. The summed E-state index contributed by atoms with van der Waals surface area (Å²) in [4.78, 5) is 10.2. The van der Waals surface area contributed by atoms with Gasteiger partial charge in [0.1, 0.15) is 0 Å². The summed E-state index contributed by atoms with van der Waals surface area (Å²) in [5, 5.41) is 0. The van der Waals surface area contributed by atoms with Crippen LogP contribution in [0.15, 0.2) is 0 Å². The molecule has 0 aromatic rings. The Morgan fingerprint density at radius 2 is 1.62 bits per heavy atom. The standard InChI is InChI=1S/C5H11NO.Na.H/c1-5(2,3)4(6)7;;/h1-3H3,(H2,6,7);;/q;+1;-1. The Morgan fingerprint density at radius 3 is 1.62 bits per heavy atom. The maximum atomic E-state index is 10.2. The molecule has 0 saturated heterocycles. The third-order valence-electron chi connectivity index (χ3n) is 0.739. The Kier molecular flexibility index (Phi) is 4.92. The number of amides is 1. The van der Waals surface area contributed by atoms with E-state index in [0.717, 1.165) is 0 Å². The van der Waals surface area contributed by atoms with Gasteiger partial charge in [-0.05, 0) is 0 Å². The molecule has 8 heavy (non-hydrogen) atoms. The van der Waals surface area contributed by atoms with E-state index in [-0.39, 0.29) is 42.3 Å². The van der Waals surface area contributed by atoms with Crippen molar-refractivity contribution in [1.82, 2.24) is 0 Å². The second-order valence-electron chi connectivity index (χ2n) is 2.61. The fraction of sp³-hybridized carbons (Fsp3) is 0.800. The van der Waals surface area contributed by atoms with Crippen LogP contribution in [0.25, 0.3) is 0 Å². The molecule has 0 aromatic heterocycles. The molecule has 0 atom stereocenters. The zero-order valence-corrected chi connectivity index (χ0v) is 7.99. The Hall–Kier alpha value is 0.470. The second-order valence-corrected chi connectivity index (χ2v) is 2.61. The minimum absolute atomic E-state index is 0. The van der Waals surface area contributed by atoms with Gasteiger partial charge in [0.25, 0.3) is 0 Å². The van der Waals surface area contributed by atoms with Crippen LogP contribution in [0.2, 0.25) is 0 Å². The number of carbonyl (C=O) groups excluding carboxylic acids is 1. The van der Waals surface area contributed by atoms with Crippen LogP contribution in [-0.4, -0.2) is 5.91 Å². The summed E-state index contributed by atoms with van der Waals surface area (Å²) >= 11 is 0. The van der Waals surface area contributed by atoms with Crippen LogP contribution in [0.5, 0.6) is 0 Å². The van der Waals surface area contributed by atoms with E-state index in [4.69, 9.17) is 5.73 Å². The molecule has 0 aromatic carbocycles. The van der Waals surface area contributed by atoms with E-state index in [0.29, 0.717) is 0 Å². The van der Waals surface area contributed by atoms with Gasteiger partial charge in [-0.25, -0.2) is 0 Å². The van der Waals surface area contributed by atoms with Crippen molar-refractivity contribution in [3.63, 3.8) is 0 Å². The van der Waals surface area contributed by atoms with Crippen molar-refractivity contribution < 1.29 is 35.8 Å². The van der Waals surface area contributed by atoms with Crippen LogP contribution >= 0.6 is 0 Å². The zero-order valence-electron chi connectivity index (χ0n) is 6.99. The molecule has 44 valence electrons. The van der Waals surface area contributed by atoms with Crippen LogP contribution in [0.3, 0.4) is 0 Å². The summed E-state index contributed by atoms with van der Waals surface area (Å²) < 4.78 is 0. The minimum Gasteiger partial charge on any atom is -1.00 e. The predicted octanol–water partition coefficient (Wildman–Crippen LogP) is -2.37. The molecule has 0 unspecified atom stereocenters. The van der Waals surface area contributed by atoms with Crippen LogP contribution in [0.1, 0.15) is 22.2 Å². The van der Waals surface area contributed by atoms with E-state index in [2.05, 4.69) is 0 Å². The van der Waals surface area contributed by atoms with Crippen LogP contribution in [0, 0.1) is 5.41 Å². The van der Waals surface area contributed by atoms with Crippen molar-refractivity contribution in [3.8, 4) is 0 Å². The van der Waals surface area contributed by atoms with Gasteiger partial charge in [-0.3, -0.25) is 4.79 Å². The summed E-state index contributed by atoms with van der Waals surface area (Å²) in [5.41, 5.74) is 4.57. The fourth-order valence-electron chi connectivity index (χ4n) is 0. The van der Waals surface area contributed by atoms with Gasteiger partial charge >= 0.3 is 29.6 Å². The van der Waals surface area contributed by atoms with E-state index in [1.165, 1.54) is 0 Å². The first kappa shape index (κ1) is 11.3. The molecule has 0 aliphatic heterocycles. The predicted molar refractivity (Wildman–Crippen MR) is 29.8 cm³/mol. The quantitative estimate of drug-likeness (QED) is 0.361. The molecule has 2 nitrogen and oxygen atoms in total. The van der Waals surface area contributed by atoms with Crippen LogP contribution < -0.4 is 35.3 Å². The first-order valence-corrected chi connectivity index (χ1v) is 2.24. The number of rotatable bonds is 0. The van der Waals surface area contributed by atoms with Crippen molar-refractivity contribution >= 4 is 5.91 Å². The molecule has 3 heteroatoms. The molecular formula is C5H12NNaO. The molecule has 0 aliphatic rings. The number of carbonyl (C=O) groups is 1. The third kappa shape index (κ3) is 4.62. The van der Waals surface area contributed by atoms with Gasteiger partial charge in [0.05, 0.1) is 0 Å². The molecule has 1 amide bonds. The topological polar surface area (TPSA) is 43.1 Å². The molecule has 0 radical (unpaired) electrons. The number of primary amides is 1. The molecule has 0 saturated carbocycles. The maximum Gasteiger partial charge on any atom is 1.00 e. The van der Waals surface area contributed by atoms with Crippen molar-refractivity contribution in [2.24, 2.45) is 11.1 Å². The van der Waals surface area contributed by atoms with Crippen molar-refractivity contribution in [2.45, 2.75) is 20.8 Å². The normalized spacial score (nSPS) is 9.88. The Morgan fingerprint density at radius 1 is 1.50 bits per heavy atom. The smallest absolute Gasteiger partial charge is 1.00 e. The summed E-state index contributed by atoms with van der Waals surface area (Å²) in [6.45, 7) is 5.36. The van der Waals surface area contributed by atoms with Gasteiger partial charge in [-0.15, -0.1) is 0 Å². The van der Waals surface area contributed by atoms with Crippen LogP contribution in [0.4, 0.5) is 0 Å². The number of hydrogen-bond donors (Lipinski definition) is 1. The Balaban J connectivity index is -0.000000180. The summed E-state index contributed by atoms with van der Waals surface area (Å²) in [7, 11) is 0. The van der Waals surface area contributed by atoms with Gasteiger partial charge in [-0.2, -0.15) is 0 Å². The summed E-state index contributed by atoms with van der Waals surface area (Å²) in [6, 6.07) is 0. The van der Waals surface area contributed by atoms with Gasteiger partial charge < -0.3 is 7.16 Å². The first-order chi connectivity index (χ1) is 2.94. The van der Waals surface area contributed by atoms with E-state index in [1.54, 1.807) is 20.8 Å². The van der Waals surface area contributed by atoms with E-state index in [1.807, 2.05) is 0 Å². The Bertz CT molecular complexity index is 89.4. The van der Waals surface area contributed by atoms with E-state index < -0.39 is 0 Å². The molecular weight excluding hydrogens is 113 g/mol. The van der Waals surface area contributed by atoms with Crippen molar-refractivity contribution in [2.75, 3.05) is 0 Å². The molecule has 0 rings (SSSR count). The van der Waals surface area contributed by atoms with Crippen LogP contribution in [-0.2, 0) is 4.79 Å². The fourth-order valence-corrected chi connectivity index (χ4v) is 0.